The highest BCUT2D eigenvalue weighted by Gasteiger charge is 2.53. The van der Waals surface area contributed by atoms with Gasteiger partial charge in [0.15, 0.2) is 0 Å². The third kappa shape index (κ3) is 2.74. The molecule has 4 rings (SSSR count). The van der Waals surface area contributed by atoms with Gasteiger partial charge in [-0.15, -0.1) is 0 Å². The van der Waals surface area contributed by atoms with Crippen LogP contribution >= 0.6 is 0 Å². The fourth-order valence-corrected chi connectivity index (χ4v) is 4.43. The molecule has 1 N–H and O–H groups in total. The van der Waals surface area contributed by atoms with Crippen LogP contribution in [0, 0.1) is 5.82 Å². The topological polar surface area (TPSA) is 43.8 Å². The third-order valence-corrected chi connectivity index (χ3v) is 6.07. The molecule has 2 saturated carbocycles. The number of piperazine rings is 1. The van der Waals surface area contributed by atoms with Crippen LogP contribution in [-0.2, 0) is 10.2 Å². The highest BCUT2D eigenvalue weighted by atomic mass is 19.1. The van der Waals surface area contributed by atoms with Crippen molar-refractivity contribution in [2.45, 2.75) is 49.7 Å². The lowest BCUT2D eigenvalue weighted by Gasteiger charge is -2.40. The molecule has 0 aromatic heterocycles. The molecule has 5 heteroatoms. The number of carbonyl (C=O) groups excluding carboxylic acids is 1. The monoisotopic (exact) mass is 332 g/mol. The van der Waals surface area contributed by atoms with Gasteiger partial charge >= 0.3 is 0 Å². The fraction of sp³-hybridized carbons (Fsp3) is 0.632. The summed E-state index contributed by atoms with van der Waals surface area (Å²) in [6, 6.07) is 6.68. The standard InChI is InChI=1S/C19H25FN2O2/c20-15-6-4-14(5-7-15)19(8-9-19)18(24)22-12-10-21(11-13-22)16-2-1-3-17(16)23/h4-7,16-17,23H,1-3,8-13H2/t16-,17+/m0/s1. The maximum Gasteiger partial charge on any atom is 0.233 e. The van der Waals surface area contributed by atoms with E-state index in [1.54, 1.807) is 12.1 Å². The molecule has 1 aromatic rings. The van der Waals surface area contributed by atoms with Gasteiger partial charge in [-0.2, -0.15) is 0 Å². The van der Waals surface area contributed by atoms with Crippen LogP contribution in [0.2, 0.25) is 0 Å². The molecule has 0 radical (unpaired) electrons. The van der Waals surface area contributed by atoms with Crippen LogP contribution in [0.5, 0.6) is 0 Å². The van der Waals surface area contributed by atoms with Crippen molar-refractivity contribution in [2.24, 2.45) is 0 Å². The van der Waals surface area contributed by atoms with E-state index in [9.17, 15) is 14.3 Å². The van der Waals surface area contributed by atoms with Crippen molar-refractivity contribution < 1.29 is 14.3 Å². The summed E-state index contributed by atoms with van der Waals surface area (Å²) in [7, 11) is 0. The van der Waals surface area contributed by atoms with Gasteiger partial charge in [-0.25, -0.2) is 4.39 Å². The first-order valence-electron chi connectivity index (χ1n) is 9.08. The van der Waals surface area contributed by atoms with Gasteiger partial charge in [0.2, 0.25) is 5.91 Å². The van der Waals surface area contributed by atoms with Crippen LogP contribution < -0.4 is 0 Å². The Morgan fingerprint density at radius 3 is 2.29 bits per heavy atom. The molecule has 0 unspecified atom stereocenters. The predicted molar refractivity (Wildman–Crippen MR) is 89.1 cm³/mol. The molecule has 1 aromatic carbocycles. The molecule has 0 spiro atoms. The molecule has 3 aliphatic rings. The lowest BCUT2D eigenvalue weighted by atomic mass is 9.94. The minimum absolute atomic E-state index is 0.195. The number of carbonyl (C=O) groups is 1. The number of aliphatic hydroxyl groups is 1. The number of halogens is 1. The van der Waals surface area contributed by atoms with E-state index < -0.39 is 5.41 Å². The Morgan fingerprint density at radius 1 is 1.08 bits per heavy atom. The Balaban J connectivity index is 1.40. The van der Waals surface area contributed by atoms with E-state index in [0.29, 0.717) is 0 Å². The number of amides is 1. The van der Waals surface area contributed by atoms with E-state index in [1.807, 2.05) is 4.90 Å². The molecule has 4 nitrogen and oxygen atoms in total. The number of benzene rings is 1. The molecular weight excluding hydrogens is 307 g/mol. The van der Waals surface area contributed by atoms with E-state index >= 15 is 0 Å². The predicted octanol–water partition coefficient (Wildman–Crippen LogP) is 1.91. The highest BCUT2D eigenvalue weighted by molar-refractivity contribution is 5.91. The molecule has 3 fully saturated rings. The first-order chi connectivity index (χ1) is 11.6. The van der Waals surface area contributed by atoms with Crippen LogP contribution in [0.15, 0.2) is 24.3 Å². The maximum absolute atomic E-state index is 13.2. The SMILES string of the molecule is O=C(N1CCN([C@H]2CCC[C@H]2O)CC1)C1(c2ccc(F)cc2)CC1. The van der Waals surface area contributed by atoms with Crippen LogP contribution in [0.25, 0.3) is 0 Å². The molecule has 1 aliphatic heterocycles. The van der Waals surface area contributed by atoms with Crippen LogP contribution in [0.3, 0.4) is 0 Å². The smallest absolute Gasteiger partial charge is 0.233 e. The summed E-state index contributed by atoms with van der Waals surface area (Å²) < 4.78 is 13.2. The van der Waals surface area contributed by atoms with Gasteiger partial charge in [-0.1, -0.05) is 12.1 Å². The number of nitrogens with zero attached hydrogens (tertiary/aromatic N) is 2. The Morgan fingerprint density at radius 2 is 1.75 bits per heavy atom. The second kappa shape index (κ2) is 6.12. The van der Waals surface area contributed by atoms with Gasteiger partial charge in [-0.3, -0.25) is 9.69 Å². The highest BCUT2D eigenvalue weighted by Crippen LogP contribution is 2.49. The quantitative estimate of drug-likeness (QED) is 0.920. The van der Waals surface area contributed by atoms with Gasteiger partial charge in [0.25, 0.3) is 0 Å². The maximum atomic E-state index is 13.2. The summed E-state index contributed by atoms with van der Waals surface area (Å²) in [5.41, 5.74) is 0.533. The van der Waals surface area contributed by atoms with Gasteiger partial charge < -0.3 is 10.0 Å². The van der Waals surface area contributed by atoms with Crippen molar-refractivity contribution in [3.05, 3.63) is 35.6 Å². The van der Waals surface area contributed by atoms with Gasteiger partial charge in [0.1, 0.15) is 5.82 Å². The van der Waals surface area contributed by atoms with Crippen molar-refractivity contribution in [3.63, 3.8) is 0 Å². The zero-order valence-corrected chi connectivity index (χ0v) is 14.0. The normalized spacial score (nSPS) is 29.7. The number of rotatable bonds is 3. The Bertz CT molecular complexity index is 606. The summed E-state index contributed by atoms with van der Waals surface area (Å²) in [6.07, 6.45) is 4.57. The minimum atomic E-state index is -0.414. The summed E-state index contributed by atoms with van der Waals surface area (Å²) >= 11 is 0. The van der Waals surface area contributed by atoms with E-state index in [0.717, 1.165) is 63.8 Å². The van der Waals surface area contributed by atoms with Crippen molar-refractivity contribution in [2.75, 3.05) is 26.2 Å². The van der Waals surface area contributed by atoms with Crippen molar-refractivity contribution in [1.29, 1.82) is 0 Å². The first kappa shape index (κ1) is 16.0. The number of aliphatic hydroxyl groups excluding tert-OH is 1. The van der Waals surface area contributed by atoms with Crippen LogP contribution in [-0.4, -0.2) is 59.1 Å². The van der Waals surface area contributed by atoms with E-state index in [4.69, 9.17) is 0 Å². The van der Waals surface area contributed by atoms with Crippen molar-refractivity contribution in [3.8, 4) is 0 Å². The Kier molecular flexibility index (Phi) is 4.09. The van der Waals surface area contributed by atoms with E-state index in [2.05, 4.69) is 4.90 Å². The van der Waals surface area contributed by atoms with Crippen LogP contribution in [0.1, 0.15) is 37.7 Å². The molecular formula is C19H25FN2O2. The first-order valence-corrected chi connectivity index (χ1v) is 9.08. The average Bonchev–Trinajstić information content (AvgIpc) is 3.30. The largest absolute Gasteiger partial charge is 0.391 e. The second-order valence-electron chi connectivity index (χ2n) is 7.48. The molecule has 1 saturated heterocycles. The number of hydrogen-bond donors (Lipinski definition) is 1. The summed E-state index contributed by atoms with van der Waals surface area (Å²) in [4.78, 5) is 17.3. The molecule has 1 amide bonds. The zero-order valence-electron chi connectivity index (χ0n) is 14.0. The molecule has 0 bridgehead atoms. The number of hydrogen-bond acceptors (Lipinski definition) is 3. The van der Waals surface area contributed by atoms with E-state index in [1.165, 1.54) is 12.1 Å². The Labute approximate surface area is 142 Å². The average molecular weight is 332 g/mol. The van der Waals surface area contributed by atoms with Gasteiger partial charge in [-0.05, 0) is 49.8 Å². The molecule has 130 valence electrons. The van der Waals surface area contributed by atoms with Gasteiger partial charge in [0.05, 0.1) is 11.5 Å². The summed E-state index contributed by atoms with van der Waals surface area (Å²) in [5, 5.41) is 10.1. The van der Waals surface area contributed by atoms with Crippen LogP contribution in [0.4, 0.5) is 4.39 Å². The van der Waals surface area contributed by atoms with Crippen molar-refractivity contribution in [1.82, 2.24) is 9.80 Å². The third-order valence-electron chi connectivity index (χ3n) is 6.07. The summed E-state index contributed by atoms with van der Waals surface area (Å²) in [6.45, 7) is 3.13. The second-order valence-corrected chi connectivity index (χ2v) is 7.48. The molecule has 2 atom stereocenters. The lowest BCUT2D eigenvalue weighted by molar-refractivity contribution is -0.136. The lowest BCUT2D eigenvalue weighted by Crippen LogP contribution is -2.55. The summed E-state index contributed by atoms with van der Waals surface area (Å²) in [5.74, 6) is -0.0635. The zero-order chi connectivity index (χ0) is 16.7. The van der Waals surface area contributed by atoms with Crippen molar-refractivity contribution >= 4 is 5.91 Å². The van der Waals surface area contributed by atoms with Gasteiger partial charge in [0, 0.05) is 32.2 Å². The minimum Gasteiger partial charge on any atom is -0.391 e. The molecule has 24 heavy (non-hydrogen) atoms. The Hall–Kier alpha value is -1.46. The fourth-order valence-electron chi connectivity index (χ4n) is 4.43. The van der Waals surface area contributed by atoms with E-state index in [-0.39, 0.29) is 23.9 Å². The molecule has 1 heterocycles. The molecule has 2 aliphatic carbocycles.